The highest BCUT2D eigenvalue weighted by molar-refractivity contribution is 4.84. The minimum atomic E-state index is 0.0309. The fraction of sp³-hybridized carbons (Fsp3) is 1.00. The van der Waals surface area contributed by atoms with Gasteiger partial charge >= 0.3 is 0 Å². The van der Waals surface area contributed by atoms with E-state index in [4.69, 9.17) is 5.11 Å². The van der Waals surface area contributed by atoms with E-state index in [1.807, 2.05) is 0 Å². The number of aliphatic hydroxyl groups excluding tert-OH is 1. The second-order valence-corrected chi connectivity index (χ2v) is 4.83. The summed E-state index contributed by atoms with van der Waals surface area (Å²) in [6, 6.07) is 0.635. The van der Waals surface area contributed by atoms with Gasteiger partial charge < -0.3 is 10.4 Å². The minimum Gasteiger partial charge on any atom is -0.396 e. The SMILES string of the molecule is CC(NCC(C)(C)CO)C1CC1. The average Bonchev–Trinajstić information content (AvgIpc) is 2.83. The quantitative estimate of drug-likeness (QED) is 0.655. The summed E-state index contributed by atoms with van der Waals surface area (Å²) in [6.45, 7) is 7.59. The Bertz CT molecular complexity index is 141. The first kappa shape index (κ1) is 10.0. The minimum absolute atomic E-state index is 0.0309. The summed E-state index contributed by atoms with van der Waals surface area (Å²) in [5.41, 5.74) is 0.0309. The molecule has 0 aromatic heterocycles. The van der Waals surface area contributed by atoms with Gasteiger partial charge in [-0.15, -0.1) is 0 Å². The lowest BCUT2D eigenvalue weighted by Crippen LogP contribution is -2.38. The lowest BCUT2D eigenvalue weighted by Gasteiger charge is -2.24. The van der Waals surface area contributed by atoms with Crippen LogP contribution in [0.15, 0.2) is 0 Å². The van der Waals surface area contributed by atoms with Crippen LogP contribution in [-0.2, 0) is 0 Å². The van der Waals surface area contributed by atoms with Gasteiger partial charge in [-0.2, -0.15) is 0 Å². The Morgan fingerprint density at radius 3 is 2.50 bits per heavy atom. The van der Waals surface area contributed by atoms with E-state index in [0.717, 1.165) is 12.5 Å². The van der Waals surface area contributed by atoms with Gasteiger partial charge in [-0.3, -0.25) is 0 Å². The first-order valence-corrected chi connectivity index (χ1v) is 4.89. The van der Waals surface area contributed by atoms with E-state index in [2.05, 4.69) is 26.1 Å². The van der Waals surface area contributed by atoms with Crippen LogP contribution in [0.4, 0.5) is 0 Å². The molecular formula is C10H21NO. The van der Waals surface area contributed by atoms with E-state index in [-0.39, 0.29) is 12.0 Å². The largest absolute Gasteiger partial charge is 0.396 e. The predicted octanol–water partition coefficient (Wildman–Crippen LogP) is 1.39. The standard InChI is InChI=1S/C10H21NO/c1-8(9-4-5-9)11-6-10(2,3)7-12/h8-9,11-12H,4-7H2,1-3H3. The zero-order valence-corrected chi connectivity index (χ0v) is 8.43. The van der Waals surface area contributed by atoms with Crippen LogP contribution < -0.4 is 5.32 Å². The van der Waals surface area contributed by atoms with Gasteiger partial charge in [-0.25, -0.2) is 0 Å². The van der Waals surface area contributed by atoms with E-state index < -0.39 is 0 Å². The van der Waals surface area contributed by atoms with Crippen LogP contribution in [0, 0.1) is 11.3 Å². The Hall–Kier alpha value is -0.0800. The van der Waals surface area contributed by atoms with E-state index in [1.165, 1.54) is 12.8 Å². The number of hydrogen-bond acceptors (Lipinski definition) is 2. The third-order valence-corrected chi connectivity index (χ3v) is 2.66. The van der Waals surface area contributed by atoms with Crippen molar-refractivity contribution >= 4 is 0 Å². The van der Waals surface area contributed by atoms with Crippen molar-refractivity contribution in [3.63, 3.8) is 0 Å². The molecule has 2 nitrogen and oxygen atoms in total. The normalized spacial score (nSPS) is 21.0. The topological polar surface area (TPSA) is 32.3 Å². The summed E-state index contributed by atoms with van der Waals surface area (Å²) in [5.74, 6) is 0.902. The van der Waals surface area contributed by atoms with E-state index >= 15 is 0 Å². The van der Waals surface area contributed by atoms with E-state index in [9.17, 15) is 0 Å². The molecule has 0 radical (unpaired) electrons. The Morgan fingerprint density at radius 1 is 1.50 bits per heavy atom. The van der Waals surface area contributed by atoms with Crippen molar-refractivity contribution < 1.29 is 5.11 Å². The zero-order chi connectivity index (χ0) is 9.19. The van der Waals surface area contributed by atoms with Crippen LogP contribution in [0.5, 0.6) is 0 Å². The average molecular weight is 171 g/mol. The molecular weight excluding hydrogens is 150 g/mol. The summed E-state index contributed by atoms with van der Waals surface area (Å²) >= 11 is 0. The van der Waals surface area contributed by atoms with Gasteiger partial charge in [0.15, 0.2) is 0 Å². The molecule has 0 aliphatic heterocycles. The molecule has 0 heterocycles. The van der Waals surface area contributed by atoms with Crippen LogP contribution in [0.25, 0.3) is 0 Å². The van der Waals surface area contributed by atoms with Crippen LogP contribution in [-0.4, -0.2) is 24.3 Å². The van der Waals surface area contributed by atoms with Crippen molar-refractivity contribution in [2.75, 3.05) is 13.2 Å². The Labute approximate surface area is 75.4 Å². The summed E-state index contributed by atoms with van der Waals surface area (Å²) in [4.78, 5) is 0. The lowest BCUT2D eigenvalue weighted by atomic mass is 9.94. The van der Waals surface area contributed by atoms with Gasteiger partial charge in [0.25, 0.3) is 0 Å². The Kier molecular flexibility index (Phi) is 3.13. The number of rotatable bonds is 5. The molecule has 2 N–H and O–H groups in total. The molecule has 0 spiro atoms. The molecule has 0 bridgehead atoms. The van der Waals surface area contributed by atoms with Crippen molar-refractivity contribution in [3.05, 3.63) is 0 Å². The van der Waals surface area contributed by atoms with Crippen molar-refractivity contribution in [2.45, 2.75) is 39.7 Å². The van der Waals surface area contributed by atoms with Crippen molar-refractivity contribution in [1.29, 1.82) is 0 Å². The van der Waals surface area contributed by atoms with E-state index in [0.29, 0.717) is 6.04 Å². The van der Waals surface area contributed by atoms with Crippen LogP contribution in [0.3, 0.4) is 0 Å². The monoisotopic (exact) mass is 171 g/mol. The maximum atomic E-state index is 9.02. The summed E-state index contributed by atoms with van der Waals surface area (Å²) in [7, 11) is 0. The highest BCUT2D eigenvalue weighted by Crippen LogP contribution is 2.32. The molecule has 1 atom stereocenters. The first-order valence-electron chi connectivity index (χ1n) is 4.89. The molecule has 1 fully saturated rings. The third kappa shape index (κ3) is 3.11. The molecule has 1 rings (SSSR count). The van der Waals surface area contributed by atoms with Crippen LogP contribution in [0.2, 0.25) is 0 Å². The maximum Gasteiger partial charge on any atom is 0.0494 e. The van der Waals surface area contributed by atoms with Crippen LogP contribution in [0.1, 0.15) is 33.6 Å². The second-order valence-electron chi connectivity index (χ2n) is 4.83. The fourth-order valence-electron chi connectivity index (χ4n) is 1.26. The van der Waals surface area contributed by atoms with Gasteiger partial charge in [-0.1, -0.05) is 13.8 Å². The molecule has 1 aliphatic carbocycles. The molecule has 1 unspecified atom stereocenters. The Balaban J connectivity index is 2.14. The highest BCUT2D eigenvalue weighted by atomic mass is 16.3. The van der Waals surface area contributed by atoms with Gasteiger partial charge in [0.1, 0.15) is 0 Å². The summed E-state index contributed by atoms with van der Waals surface area (Å²) < 4.78 is 0. The van der Waals surface area contributed by atoms with Gasteiger partial charge in [-0.05, 0) is 25.7 Å². The molecule has 0 saturated heterocycles. The van der Waals surface area contributed by atoms with E-state index in [1.54, 1.807) is 0 Å². The van der Waals surface area contributed by atoms with Crippen molar-refractivity contribution in [3.8, 4) is 0 Å². The molecule has 12 heavy (non-hydrogen) atoms. The summed E-state index contributed by atoms with van der Waals surface area (Å²) in [5, 5.41) is 12.5. The first-order chi connectivity index (χ1) is 5.55. The number of nitrogens with one attached hydrogen (secondary N) is 1. The molecule has 1 aliphatic rings. The van der Waals surface area contributed by atoms with Gasteiger partial charge in [0.2, 0.25) is 0 Å². The van der Waals surface area contributed by atoms with Crippen molar-refractivity contribution in [2.24, 2.45) is 11.3 Å². The molecule has 0 aromatic carbocycles. The molecule has 1 saturated carbocycles. The zero-order valence-electron chi connectivity index (χ0n) is 8.43. The molecule has 0 aromatic rings. The smallest absolute Gasteiger partial charge is 0.0494 e. The maximum absolute atomic E-state index is 9.02. The van der Waals surface area contributed by atoms with Crippen LogP contribution >= 0.6 is 0 Å². The number of aliphatic hydroxyl groups is 1. The lowest BCUT2D eigenvalue weighted by molar-refractivity contribution is 0.152. The molecule has 2 heteroatoms. The fourth-order valence-corrected chi connectivity index (χ4v) is 1.26. The van der Waals surface area contributed by atoms with Gasteiger partial charge in [0.05, 0.1) is 0 Å². The van der Waals surface area contributed by atoms with Crippen molar-refractivity contribution in [1.82, 2.24) is 5.32 Å². The van der Waals surface area contributed by atoms with Gasteiger partial charge in [0, 0.05) is 24.6 Å². The Morgan fingerprint density at radius 2 is 2.08 bits per heavy atom. The molecule has 0 amide bonds. The number of hydrogen-bond donors (Lipinski definition) is 2. The second kappa shape index (κ2) is 3.75. The highest BCUT2D eigenvalue weighted by Gasteiger charge is 2.28. The third-order valence-electron chi connectivity index (χ3n) is 2.66. The predicted molar refractivity (Wildman–Crippen MR) is 51.1 cm³/mol. The summed E-state index contributed by atoms with van der Waals surface area (Å²) in [6.07, 6.45) is 2.77. The molecule has 72 valence electrons.